The summed E-state index contributed by atoms with van der Waals surface area (Å²) in [4.78, 5) is 3.74. The summed E-state index contributed by atoms with van der Waals surface area (Å²) in [5.41, 5.74) is 1.29. The fourth-order valence-electron chi connectivity index (χ4n) is 1.64. The molecular weight excluding hydrogens is 250 g/mol. The second kappa shape index (κ2) is 6.13. The topological polar surface area (TPSA) is 34.1 Å². The molecule has 0 amide bonds. The van der Waals surface area contributed by atoms with E-state index in [0.717, 1.165) is 6.20 Å². The maximum atomic E-state index is 13.6. The molecule has 2 aromatic rings. The molecule has 0 fully saturated rings. The van der Waals surface area contributed by atoms with Crippen molar-refractivity contribution >= 4 is 5.69 Å². The van der Waals surface area contributed by atoms with Crippen molar-refractivity contribution in [3.8, 4) is 5.75 Å². The predicted molar refractivity (Wildman–Crippen MR) is 69.1 cm³/mol. The zero-order valence-corrected chi connectivity index (χ0v) is 10.5. The Kier molecular flexibility index (Phi) is 4.28. The number of anilines is 1. The largest absolute Gasteiger partial charge is 0.491 e. The molecule has 0 radical (unpaired) electrons. The monoisotopic (exact) mass is 264 g/mol. The van der Waals surface area contributed by atoms with Crippen LogP contribution in [0.25, 0.3) is 0 Å². The van der Waals surface area contributed by atoms with E-state index in [-0.39, 0.29) is 5.75 Å². The number of pyridine rings is 1. The number of hydrogen-bond acceptors (Lipinski definition) is 3. The molecule has 1 aromatic carbocycles. The third-order valence-electron chi connectivity index (χ3n) is 2.49. The summed E-state index contributed by atoms with van der Waals surface area (Å²) in [5, 5.41) is 3.00. The van der Waals surface area contributed by atoms with Gasteiger partial charge in [-0.05, 0) is 30.7 Å². The molecule has 0 aliphatic carbocycles. The van der Waals surface area contributed by atoms with Crippen LogP contribution in [0.3, 0.4) is 0 Å². The van der Waals surface area contributed by atoms with Crippen LogP contribution in [0.5, 0.6) is 5.75 Å². The molecule has 0 spiro atoms. The lowest BCUT2D eigenvalue weighted by atomic mass is 10.2. The van der Waals surface area contributed by atoms with Crippen LogP contribution >= 0.6 is 0 Å². The summed E-state index contributed by atoms with van der Waals surface area (Å²) in [5.74, 6) is -0.595. The molecule has 3 nitrogen and oxygen atoms in total. The van der Waals surface area contributed by atoms with E-state index >= 15 is 0 Å². The third-order valence-corrected chi connectivity index (χ3v) is 2.49. The average molecular weight is 264 g/mol. The van der Waals surface area contributed by atoms with Crippen LogP contribution in [0, 0.1) is 11.6 Å². The quantitative estimate of drug-likeness (QED) is 0.899. The highest BCUT2D eigenvalue weighted by atomic mass is 19.1. The van der Waals surface area contributed by atoms with Gasteiger partial charge in [0.25, 0.3) is 0 Å². The first-order chi connectivity index (χ1) is 9.19. The van der Waals surface area contributed by atoms with Gasteiger partial charge < -0.3 is 10.1 Å². The standard InChI is InChI=1S/C14H14F2N2O/c1-2-19-14-4-3-12(6-13(14)16)18-8-10-5-11(15)9-17-7-10/h3-7,9,18H,2,8H2,1H3. The van der Waals surface area contributed by atoms with Gasteiger partial charge in [-0.15, -0.1) is 0 Å². The van der Waals surface area contributed by atoms with Crippen molar-refractivity contribution in [2.45, 2.75) is 13.5 Å². The van der Waals surface area contributed by atoms with Crippen molar-refractivity contribution in [1.82, 2.24) is 4.98 Å². The number of nitrogens with one attached hydrogen (secondary N) is 1. The number of benzene rings is 1. The van der Waals surface area contributed by atoms with Crippen LogP contribution in [-0.2, 0) is 6.54 Å². The van der Waals surface area contributed by atoms with Crippen molar-refractivity contribution in [2.24, 2.45) is 0 Å². The van der Waals surface area contributed by atoms with E-state index in [1.54, 1.807) is 25.3 Å². The number of rotatable bonds is 5. The Balaban J connectivity index is 2.02. The Bertz CT molecular complexity index is 561. The van der Waals surface area contributed by atoms with E-state index in [4.69, 9.17) is 4.74 Å². The van der Waals surface area contributed by atoms with Gasteiger partial charge in [0, 0.05) is 24.5 Å². The molecule has 19 heavy (non-hydrogen) atoms. The molecule has 0 bridgehead atoms. The SMILES string of the molecule is CCOc1ccc(NCc2cncc(F)c2)cc1F. The highest BCUT2D eigenvalue weighted by Gasteiger charge is 2.04. The molecule has 0 saturated heterocycles. The molecule has 1 N–H and O–H groups in total. The minimum Gasteiger partial charge on any atom is -0.491 e. The molecule has 0 aliphatic rings. The number of aromatic nitrogens is 1. The van der Waals surface area contributed by atoms with Crippen molar-refractivity contribution < 1.29 is 13.5 Å². The highest BCUT2D eigenvalue weighted by molar-refractivity contribution is 5.47. The Labute approximate surface area is 110 Å². The summed E-state index contributed by atoms with van der Waals surface area (Å²) in [7, 11) is 0. The summed E-state index contributed by atoms with van der Waals surface area (Å²) in [6.45, 7) is 2.58. The van der Waals surface area contributed by atoms with Crippen molar-refractivity contribution in [3.63, 3.8) is 0 Å². The lowest BCUT2D eigenvalue weighted by Crippen LogP contribution is -2.01. The van der Waals surface area contributed by atoms with Gasteiger partial charge in [0.2, 0.25) is 0 Å². The van der Waals surface area contributed by atoms with Crippen LogP contribution < -0.4 is 10.1 Å². The van der Waals surface area contributed by atoms with Gasteiger partial charge in [-0.25, -0.2) is 8.78 Å². The molecule has 0 atom stereocenters. The van der Waals surface area contributed by atoms with E-state index < -0.39 is 11.6 Å². The summed E-state index contributed by atoms with van der Waals surface area (Å²) in [6.07, 6.45) is 2.70. The Morgan fingerprint density at radius 3 is 2.74 bits per heavy atom. The number of hydrogen-bond donors (Lipinski definition) is 1. The van der Waals surface area contributed by atoms with E-state index in [1.165, 1.54) is 12.1 Å². The normalized spacial score (nSPS) is 10.3. The molecule has 5 heteroatoms. The summed E-state index contributed by atoms with van der Waals surface area (Å²) >= 11 is 0. The van der Waals surface area contributed by atoms with Crippen molar-refractivity contribution in [1.29, 1.82) is 0 Å². The summed E-state index contributed by atoms with van der Waals surface area (Å²) in [6, 6.07) is 5.99. The number of ether oxygens (including phenoxy) is 1. The Morgan fingerprint density at radius 1 is 1.21 bits per heavy atom. The first-order valence-corrected chi connectivity index (χ1v) is 5.94. The van der Waals surface area contributed by atoms with E-state index in [1.807, 2.05) is 0 Å². The average Bonchev–Trinajstić information content (AvgIpc) is 2.39. The second-order valence-corrected chi connectivity index (χ2v) is 3.94. The van der Waals surface area contributed by atoms with Crippen molar-refractivity contribution in [2.75, 3.05) is 11.9 Å². The second-order valence-electron chi connectivity index (χ2n) is 3.94. The molecule has 2 rings (SSSR count). The fourth-order valence-corrected chi connectivity index (χ4v) is 1.64. The lowest BCUT2D eigenvalue weighted by molar-refractivity contribution is 0.321. The van der Waals surface area contributed by atoms with E-state index in [2.05, 4.69) is 10.3 Å². The van der Waals surface area contributed by atoms with Crippen LogP contribution in [-0.4, -0.2) is 11.6 Å². The minimum absolute atomic E-state index is 0.223. The Morgan fingerprint density at radius 2 is 2.05 bits per heavy atom. The molecule has 100 valence electrons. The van der Waals surface area contributed by atoms with Crippen LogP contribution in [0.15, 0.2) is 36.7 Å². The maximum absolute atomic E-state index is 13.6. The number of halogens is 2. The zero-order chi connectivity index (χ0) is 13.7. The van der Waals surface area contributed by atoms with Gasteiger partial charge in [0.15, 0.2) is 11.6 Å². The summed E-state index contributed by atoms with van der Waals surface area (Å²) < 4.78 is 31.6. The van der Waals surface area contributed by atoms with Gasteiger partial charge in [-0.2, -0.15) is 0 Å². The lowest BCUT2D eigenvalue weighted by Gasteiger charge is -2.09. The first kappa shape index (κ1) is 13.3. The molecule has 0 saturated carbocycles. The van der Waals surface area contributed by atoms with Crippen LogP contribution in [0.1, 0.15) is 12.5 Å². The molecular formula is C14H14F2N2O. The van der Waals surface area contributed by atoms with E-state index in [0.29, 0.717) is 24.4 Å². The molecule has 0 aliphatic heterocycles. The van der Waals surface area contributed by atoms with E-state index in [9.17, 15) is 8.78 Å². The van der Waals surface area contributed by atoms with Gasteiger partial charge >= 0.3 is 0 Å². The number of nitrogens with zero attached hydrogens (tertiary/aromatic N) is 1. The maximum Gasteiger partial charge on any atom is 0.167 e. The fraction of sp³-hybridized carbons (Fsp3) is 0.214. The predicted octanol–water partition coefficient (Wildman–Crippen LogP) is 3.37. The van der Waals surface area contributed by atoms with Crippen LogP contribution in [0.4, 0.5) is 14.5 Å². The zero-order valence-electron chi connectivity index (χ0n) is 10.5. The first-order valence-electron chi connectivity index (χ1n) is 5.94. The van der Waals surface area contributed by atoms with Gasteiger partial charge in [0.05, 0.1) is 12.8 Å². The highest BCUT2D eigenvalue weighted by Crippen LogP contribution is 2.21. The molecule has 1 heterocycles. The van der Waals surface area contributed by atoms with Crippen molar-refractivity contribution in [3.05, 3.63) is 53.9 Å². The Hall–Kier alpha value is -2.17. The van der Waals surface area contributed by atoms with Gasteiger partial charge in [0.1, 0.15) is 5.82 Å². The third kappa shape index (κ3) is 3.64. The van der Waals surface area contributed by atoms with Gasteiger partial charge in [-0.1, -0.05) is 0 Å². The van der Waals surface area contributed by atoms with Crippen LogP contribution in [0.2, 0.25) is 0 Å². The van der Waals surface area contributed by atoms with Gasteiger partial charge in [-0.3, -0.25) is 4.98 Å². The molecule has 1 aromatic heterocycles. The minimum atomic E-state index is -0.427. The smallest absolute Gasteiger partial charge is 0.167 e. The molecule has 0 unspecified atom stereocenters.